The number of rotatable bonds is 12. The second-order valence-electron chi connectivity index (χ2n) is 5.77. The molecule has 0 aliphatic heterocycles. The number of carbonyl (C=O) groups excluding carboxylic acids is 1. The predicted octanol–water partition coefficient (Wildman–Crippen LogP) is 1.60. The van der Waals surface area contributed by atoms with Crippen LogP contribution in [0.1, 0.15) is 32.8 Å². The van der Waals surface area contributed by atoms with Gasteiger partial charge in [-0.15, -0.1) is 0 Å². The lowest BCUT2D eigenvalue weighted by atomic mass is 10.2. The van der Waals surface area contributed by atoms with Crippen LogP contribution in [0.4, 0.5) is 5.82 Å². The molecule has 1 heterocycles. The van der Waals surface area contributed by atoms with E-state index < -0.39 is 16.1 Å². The Morgan fingerprint density at radius 2 is 1.96 bits per heavy atom. The summed E-state index contributed by atoms with van der Waals surface area (Å²) in [5.41, 5.74) is 0.872. The van der Waals surface area contributed by atoms with Crippen LogP contribution in [-0.2, 0) is 21.4 Å². The molecule has 7 nitrogen and oxygen atoms in total. The number of hydrogen-bond acceptors (Lipinski definition) is 6. The van der Waals surface area contributed by atoms with Gasteiger partial charge in [-0.2, -0.15) is 11.8 Å². The third-order valence-corrected chi connectivity index (χ3v) is 6.04. The molecule has 0 radical (unpaired) electrons. The zero-order chi connectivity index (χ0) is 19.6. The van der Waals surface area contributed by atoms with Crippen molar-refractivity contribution in [3.8, 4) is 0 Å². The van der Waals surface area contributed by atoms with Crippen molar-refractivity contribution in [2.24, 2.45) is 0 Å². The molecule has 1 amide bonds. The molecule has 148 valence electrons. The first-order chi connectivity index (χ1) is 12.4. The summed E-state index contributed by atoms with van der Waals surface area (Å²) in [6.45, 7) is 7.78. The number of sulfonamides is 1. The first kappa shape index (κ1) is 22.7. The van der Waals surface area contributed by atoms with E-state index in [-0.39, 0.29) is 11.7 Å². The van der Waals surface area contributed by atoms with E-state index in [4.69, 9.17) is 0 Å². The van der Waals surface area contributed by atoms with Gasteiger partial charge < -0.3 is 10.2 Å². The normalized spacial score (nSPS) is 12.6. The topological polar surface area (TPSA) is 91.4 Å². The Bertz CT molecular complexity index is 646. The number of thioether (sulfide) groups is 1. The van der Waals surface area contributed by atoms with E-state index in [0.717, 1.165) is 24.5 Å². The molecule has 0 fully saturated rings. The van der Waals surface area contributed by atoms with Gasteiger partial charge in [0.15, 0.2) is 0 Å². The van der Waals surface area contributed by atoms with Crippen LogP contribution in [0.2, 0.25) is 0 Å². The highest BCUT2D eigenvalue weighted by atomic mass is 32.2. The molecule has 1 unspecified atom stereocenters. The minimum atomic E-state index is -3.44. The first-order valence-corrected chi connectivity index (χ1v) is 11.9. The maximum Gasteiger partial charge on any atom is 0.238 e. The van der Waals surface area contributed by atoms with Gasteiger partial charge in [-0.05, 0) is 50.8 Å². The van der Waals surface area contributed by atoms with E-state index in [9.17, 15) is 13.2 Å². The molecule has 0 aromatic carbocycles. The van der Waals surface area contributed by atoms with Gasteiger partial charge in [-0.3, -0.25) is 4.79 Å². The summed E-state index contributed by atoms with van der Waals surface area (Å²) in [5.74, 6) is 1.24. The molecule has 0 aliphatic carbocycles. The molecule has 1 rings (SSSR count). The lowest BCUT2D eigenvalue weighted by Crippen LogP contribution is -2.47. The van der Waals surface area contributed by atoms with Gasteiger partial charge in [0.2, 0.25) is 15.9 Å². The smallest absolute Gasteiger partial charge is 0.238 e. The molecule has 1 aromatic heterocycles. The number of anilines is 1. The van der Waals surface area contributed by atoms with Crippen LogP contribution in [0.15, 0.2) is 18.3 Å². The van der Waals surface area contributed by atoms with Crippen molar-refractivity contribution in [1.82, 2.24) is 15.0 Å². The van der Waals surface area contributed by atoms with Crippen molar-refractivity contribution < 1.29 is 13.2 Å². The summed E-state index contributed by atoms with van der Waals surface area (Å²) in [6.07, 6.45) is 4.11. The van der Waals surface area contributed by atoms with Crippen molar-refractivity contribution in [3.05, 3.63) is 23.9 Å². The van der Waals surface area contributed by atoms with Crippen molar-refractivity contribution in [2.45, 2.75) is 39.8 Å². The SMILES string of the molecule is CCN(CC)c1ccc(CNC(=O)C(CCSC)NS(=O)(=O)CC)cn1. The number of aromatic nitrogens is 1. The Kier molecular flexibility index (Phi) is 9.97. The number of nitrogens with one attached hydrogen (secondary N) is 2. The van der Waals surface area contributed by atoms with E-state index in [1.165, 1.54) is 0 Å². The Morgan fingerprint density at radius 1 is 1.27 bits per heavy atom. The molecule has 26 heavy (non-hydrogen) atoms. The molecule has 1 aromatic rings. The number of carbonyl (C=O) groups is 1. The minimum Gasteiger partial charge on any atom is -0.357 e. The summed E-state index contributed by atoms with van der Waals surface area (Å²) in [6, 6.07) is 3.10. The first-order valence-electron chi connectivity index (χ1n) is 8.83. The molecule has 0 aliphatic rings. The fourth-order valence-corrected chi connectivity index (χ4v) is 3.64. The Hall–Kier alpha value is -1.32. The molecule has 2 N–H and O–H groups in total. The second-order valence-corrected chi connectivity index (χ2v) is 8.80. The van der Waals surface area contributed by atoms with Crippen LogP contribution in [0.5, 0.6) is 0 Å². The summed E-state index contributed by atoms with van der Waals surface area (Å²) in [5, 5.41) is 2.80. The van der Waals surface area contributed by atoms with Crippen molar-refractivity contribution >= 4 is 33.5 Å². The van der Waals surface area contributed by atoms with Crippen LogP contribution in [0.25, 0.3) is 0 Å². The maximum absolute atomic E-state index is 12.4. The highest BCUT2D eigenvalue weighted by Crippen LogP contribution is 2.11. The van der Waals surface area contributed by atoms with Crippen molar-refractivity contribution in [2.75, 3.05) is 35.8 Å². The number of nitrogens with zero attached hydrogens (tertiary/aromatic N) is 2. The van der Waals surface area contributed by atoms with E-state index in [1.807, 2.05) is 18.4 Å². The molecule has 0 saturated carbocycles. The zero-order valence-corrected chi connectivity index (χ0v) is 17.6. The molecule has 1 atom stereocenters. The molecule has 9 heteroatoms. The largest absolute Gasteiger partial charge is 0.357 e. The van der Waals surface area contributed by atoms with Crippen molar-refractivity contribution in [1.29, 1.82) is 0 Å². The van der Waals surface area contributed by atoms with Crippen LogP contribution in [-0.4, -0.2) is 56.2 Å². The van der Waals surface area contributed by atoms with Crippen LogP contribution >= 0.6 is 11.8 Å². The molecular formula is C17H30N4O3S2. The number of pyridine rings is 1. The Balaban J connectivity index is 2.68. The quantitative estimate of drug-likeness (QED) is 0.552. The average Bonchev–Trinajstić information content (AvgIpc) is 2.65. The minimum absolute atomic E-state index is 0.0488. The van der Waals surface area contributed by atoms with Gasteiger partial charge in [0.05, 0.1) is 5.75 Å². The van der Waals surface area contributed by atoms with Gasteiger partial charge in [-0.25, -0.2) is 18.1 Å². The lowest BCUT2D eigenvalue weighted by Gasteiger charge is -2.20. The predicted molar refractivity (Wildman–Crippen MR) is 109 cm³/mol. The summed E-state index contributed by atoms with van der Waals surface area (Å²) < 4.78 is 26.1. The number of amides is 1. The average molecular weight is 403 g/mol. The van der Waals surface area contributed by atoms with Gasteiger partial charge in [0.1, 0.15) is 11.9 Å². The second kappa shape index (κ2) is 11.4. The van der Waals surface area contributed by atoms with E-state index >= 15 is 0 Å². The van der Waals surface area contributed by atoms with Gasteiger partial charge in [0, 0.05) is 25.8 Å². The molecule has 0 spiro atoms. The van der Waals surface area contributed by atoms with Crippen molar-refractivity contribution in [3.63, 3.8) is 0 Å². The molecule has 0 bridgehead atoms. The van der Waals surface area contributed by atoms with E-state index in [0.29, 0.717) is 18.7 Å². The number of hydrogen-bond donors (Lipinski definition) is 2. The Labute approximate surface area is 161 Å². The standard InChI is InChI=1S/C17H30N4O3S2/c1-5-21(6-2)16-9-8-14(12-18-16)13-19-17(22)15(10-11-25-4)20-26(23,24)7-3/h8-9,12,15,20H,5-7,10-11,13H2,1-4H3,(H,19,22). The van der Waals surface area contributed by atoms with E-state index in [1.54, 1.807) is 24.9 Å². The van der Waals surface area contributed by atoms with Crippen LogP contribution < -0.4 is 14.9 Å². The summed E-state index contributed by atoms with van der Waals surface area (Å²) in [7, 11) is -3.44. The summed E-state index contributed by atoms with van der Waals surface area (Å²) in [4.78, 5) is 19.0. The van der Waals surface area contributed by atoms with Gasteiger partial charge in [-0.1, -0.05) is 6.07 Å². The van der Waals surface area contributed by atoms with Gasteiger partial charge >= 0.3 is 0 Å². The third-order valence-electron chi connectivity index (χ3n) is 3.99. The van der Waals surface area contributed by atoms with Crippen LogP contribution in [0.3, 0.4) is 0 Å². The lowest BCUT2D eigenvalue weighted by molar-refractivity contribution is -0.122. The fourth-order valence-electron chi connectivity index (χ4n) is 2.35. The third kappa shape index (κ3) is 7.51. The fraction of sp³-hybridized carbons (Fsp3) is 0.647. The zero-order valence-electron chi connectivity index (χ0n) is 16.0. The Morgan fingerprint density at radius 3 is 2.46 bits per heavy atom. The van der Waals surface area contributed by atoms with E-state index in [2.05, 4.69) is 33.8 Å². The highest BCUT2D eigenvalue weighted by Gasteiger charge is 2.22. The van der Waals surface area contributed by atoms with Gasteiger partial charge in [0.25, 0.3) is 0 Å². The summed E-state index contributed by atoms with van der Waals surface area (Å²) >= 11 is 1.57. The molecule has 0 saturated heterocycles. The molecular weight excluding hydrogens is 372 g/mol. The highest BCUT2D eigenvalue weighted by molar-refractivity contribution is 7.98. The monoisotopic (exact) mass is 402 g/mol. The maximum atomic E-state index is 12.4. The van der Waals surface area contributed by atoms with Crippen LogP contribution in [0, 0.1) is 0 Å².